The minimum absolute atomic E-state index is 0.592. The van der Waals surface area contributed by atoms with E-state index in [1.165, 1.54) is 5.56 Å². The van der Waals surface area contributed by atoms with Crippen molar-refractivity contribution in [3.05, 3.63) is 95.6 Å². The maximum atomic E-state index is 6.12. The lowest BCUT2D eigenvalue weighted by Gasteiger charge is -2.06. The summed E-state index contributed by atoms with van der Waals surface area (Å²) in [5.74, 6) is 0.821. The zero-order valence-corrected chi connectivity index (χ0v) is 14.0. The summed E-state index contributed by atoms with van der Waals surface area (Å²) in [6.45, 7) is 2.67. The second kappa shape index (κ2) is 6.73. The molecule has 0 aliphatic rings. The van der Waals surface area contributed by atoms with E-state index >= 15 is 0 Å². The SMILES string of the molecule is Cc1ccc2oc(-c3ccccc3)cc(=NCc3cccnc3)c2c1. The lowest BCUT2D eigenvalue weighted by atomic mass is 10.1. The molecule has 0 saturated heterocycles. The van der Waals surface area contributed by atoms with E-state index in [-0.39, 0.29) is 0 Å². The van der Waals surface area contributed by atoms with Crippen LogP contribution < -0.4 is 5.36 Å². The average molecular weight is 326 g/mol. The second-order valence-corrected chi connectivity index (χ2v) is 6.04. The molecule has 2 aromatic heterocycles. The Balaban J connectivity index is 1.89. The fraction of sp³-hybridized carbons (Fsp3) is 0.0909. The van der Waals surface area contributed by atoms with Gasteiger partial charge in [-0.25, -0.2) is 0 Å². The van der Waals surface area contributed by atoms with Crippen molar-refractivity contribution in [1.82, 2.24) is 4.98 Å². The minimum Gasteiger partial charge on any atom is -0.456 e. The van der Waals surface area contributed by atoms with Crippen LogP contribution in [0.25, 0.3) is 22.3 Å². The van der Waals surface area contributed by atoms with Gasteiger partial charge in [-0.2, -0.15) is 0 Å². The highest BCUT2D eigenvalue weighted by molar-refractivity contribution is 5.79. The van der Waals surface area contributed by atoms with Gasteiger partial charge >= 0.3 is 0 Å². The molecule has 0 fully saturated rings. The van der Waals surface area contributed by atoms with Gasteiger partial charge in [0.2, 0.25) is 0 Å². The van der Waals surface area contributed by atoms with Crippen LogP contribution in [0, 0.1) is 6.92 Å². The van der Waals surface area contributed by atoms with Crippen LogP contribution in [-0.2, 0) is 6.54 Å². The van der Waals surface area contributed by atoms with Gasteiger partial charge in [0.15, 0.2) is 0 Å². The number of hydrogen-bond acceptors (Lipinski definition) is 3. The topological polar surface area (TPSA) is 38.4 Å². The van der Waals surface area contributed by atoms with Crippen molar-refractivity contribution in [2.75, 3.05) is 0 Å². The van der Waals surface area contributed by atoms with Gasteiger partial charge < -0.3 is 4.42 Å². The third-order valence-electron chi connectivity index (χ3n) is 4.11. The number of rotatable bonds is 3. The number of pyridine rings is 1. The lowest BCUT2D eigenvalue weighted by molar-refractivity contribution is 0.618. The van der Waals surface area contributed by atoms with Crippen LogP contribution in [0.3, 0.4) is 0 Å². The molecule has 0 atom stereocenters. The van der Waals surface area contributed by atoms with E-state index in [0.29, 0.717) is 6.54 Å². The zero-order valence-electron chi connectivity index (χ0n) is 14.0. The van der Waals surface area contributed by atoms with Gasteiger partial charge in [-0.1, -0.05) is 48.0 Å². The largest absolute Gasteiger partial charge is 0.456 e. The molecule has 0 aliphatic heterocycles. The van der Waals surface area contributed by atoms with Crippen molar-refractivity contribution >= 4 is 11.0 Å². The van der Waals surface area contributed by atoms with Crippen molar-refractivity contribution in [3.8, 4) is 11.3 Å². The summed E-state index contributed by atoms with van der Waals surface area (Å²) >= 11 is 0. The van der Waals surface area contributed by atoms with Gasteiger partial charge in [0.1, 0.15) is 11.3 Å². The van der Waals surface area contributed by atoms with Crippen LogP contribution in [0.2, 0.25) is 0 Å². The summed E-state index contributed by atoms with van der Waals surface area (Å²) in [7, 11) is 0. The molecule has 3 nitrogen and oxygen atoms in total. The molecule has 0 bridgehead atoms. The van der Waals surface area contributed by atoms with Crippen molar-refractivity contribution in [3.63, 3.8) is 0 Å². The third kappa shape index (κ3) is 3.36. The molecule has 0 aliphatic carbocycles. The Morgan fingerprint density at radius 2 is 1.84 bits per heavy atom. The summed E-state index contributed by atoms with van der Waals surface area (Å²) in [6, 6.07) is 22.3. The molecule has 0 saturated carbocycles. The van der Waals surface area contributed by atoms with Crippen LogP contribution in [0.1, 0.15) is 11.1 Å². The van der Waals surface area contributed by atoms with Gasteiger partial charge in [0, 0.05) is 29.4 Å². The van der Waals surface area contributed by atoms with Crippen LogP contribution in [-0.4, -0.2) is 4.98 Å². The predicted octanol–water partition coefficient (Wildman–Crippen LogP) is 4.90. The molecule has 2 heterocycles. The first-order valence-electron chi connectivity index (χ1n) is 8.29. The van der Waals surface area contributed by atoms with Gasteiger partial charge in [-0.05, 0) is 30.7 Å². The number of hydrogen-bond donors (Lipinski definition) is 0. The van der Waals surface area contributed by atoms with Crippen molar-refractivity contribution in [1.29, 1.82) is 0 Å². The van der Waals surface area contributed by atoms with Gasteiger partial charge in [-0.15, -0.1) is 0 Å². The molecule has 4 aromatic rings. The highest BCUT2D eigenvalue weighted by atomic mass is 16.3. The first-order valence-corrected chi connectivity index (χ1v) is 8.29. The van der Waals surface area contributed by atoms with E-state index in [2.05, 4.69) is 24.0 Å². The Morgan fingerprint density at radius 1 is 0.960 bits per heavy atom. The minimum atomic E-state index is 0.592. The summed E-state index contributed by atoms with van der Waals surface area (Å²) in [5.41, 5.74) is 4.16. The van der Waals surface area contributed by atoms with Gasteiger partial charge in [0.25, 0.3) is 0 Å². The van der Waals surface area contributed by atoms with Crippen molar-refractivity contribution in [2.45, 2.75) is 13.5 Å². The Hall–Kier alpha value is -3.20. The molecule has 0 N–H and O–H groups in total. The monoisotopic (exact) mass is 326 g/mol. The lowest BCUT2D eigenvalue weighted by Crippen LogP contribution is -2.05. The van der Waals surface area contributed by atoms with E-state index < -0.39 is 0 Å². The molecule has 122 valence electrons. The van der Waals surface area contributed by atoms with E-state index in [1.54, 1.807) is 6.20 Å². The van der Waals surface area contributed by atoms with E-state index in [4.69, 9.17) is 9.41 Å². The van der Waals surface area contributed by atoms with E-state index in [0.717, 1.165) is 33.2 Å². The average Bonchev–Trinajstić information content (AvgIpc) is 2.67. The molecular formula is C22H18N2O. The smallest absolute Gasteiger partial charge is 0.136 e. The number of aromatic nitrogens is 1. The van der Waals surface area contributed by atoms with Crippen molar-refractivity contribution < 1.29 is 4.42 Å². The molecule has 0 spiro atoms. The van der Waals surface area contributed by atoms with Crippen molar-refractivity contribution in [2.24, 2.45) is 4.99 Å². The molecule has 25 heavy (non-hydrogen) atoms. The molecule has 2 aromatic carbocycles. The maximum Gasteiger partial charge on any atom is 0.136 e. The van der Waals surface area contributed by atoms with Gasteiger partial charge in [-0.3, -0.25) is 9.98 Å². The van der Waals surface area contributed by atoms with E-state index in [1.807, 2.05) is 60.8 Å². The number of nitrogens with zero attached hydrogens (tertiary/aromatic N) is 2. The summed E-state index contributed by atoms with van der Waals surface area (Å²) in [4.78, 5) is 8.99. The van der Waals surface area contributed by atoms with Crippen LogP contribution in [0.5, 0.6) is 0 Å². The van der Waals surface area contributed by atoms with Gasteiger partial charge in [0.05, 0.1) is 11.9 Å². The highest BCUT2D eigenvalue weighted by Crippen LogP contribution is 2.22. The fourth-order valence-electron chi connectivity index (χ4n) is 2.83. The summed E-state index contributed by atoms with van der Waals surface area (Å²) in [6.07, 6.45) is 3.62. The summed E-state index contributed by atoms with van der Waals surface area (Å²) < 4.78 is 6.12. The molecule has 3 heteroatoms. The van der Waals surface area contributed by atoms with Crippen LogP contribution in [0.15, 0.2) is 88.5 Å². The number of aryl methyl sites for hydroxylation is 1. The Labute approximate surface area is 146 Å². The fourth-order valence-corrected chi connectivity index (χ4v) is 2.83. The Bertz CT molecular complexity index is 1070. The highest BCUT2D eigenvalue weighted by Gasteiger charge is 2.06. The van der Waals surface area contributed by atoms with Crippen LogP contribution in [0.4, 0.5) is 0 Å². The quantitative estimate of drug-likeness (QED) is 0.537. The molecular weight excluding hydrogens is 308 g/mol. The predicted molar refractivity (Wildman–Crippen MR) is 99.9 cm³/mol. The summed E-state index contributed by atoms with van der Waals surface area (Å²) in [5, 5.41) is 1.97. The Morgan fingerprint density at radius 3 is 2.64 bits per heavy atom. The molecule has 0 radical (unpaired) electrons. The first kappa shape index (κ1) is 15.3. The van der Waals surface area contributed by atoms with Crippen LogP contribution >= 0.6 is 0 Å². The standard InChI is InChI=1S/C22H18N2O/c1-16-9-10-21-19(12-16)20(24-15-17-6-5-11-23-14-17)13-22(25-21)18-7-3-2-4-8-18/h2-14H,15H2,1H3. The molecule has 0 amide bonds. The maximum absolute atomic E-state index is 6.12. The first-order chi connectivity index (χ1) is 12.3. The zero-order chi connectivity index (χ0) is 17.1. The molecule has 4 rings (SSSR count). The second-order valence-electron chi connectivity index (χ2n) is 6.04. The third-order valence-corrected chi connectivity index (χ3v) is 4.11. The normalized spacial score (nSPS) is 11.8. The number of fused-ring (bicyclic) bond motifs is 1. The Kier molecular flexibility index (Phi) is 4.13. The molecule has 0 unspecified atom stereocenters. The van der Waals surface area contributed by atoms with E-state index in [9.17, 15) is 0 Å². The number of benzene rings is 2.